The topological polar surface area (TPSA) is 29.1 Å². The highest BCUT2D eigenvalue weighted by Gasteiger charge is 2.65. The fourth-order valence-electron chi connectivity index (χ4n) is 3.84. The van der Waals surface area contributed by atoms with Crippen LogP contribution in [0.1, 0.15) is 38.1 Å². The van der Waals surface area contributed by atoms with Gasteiger partial charge in [0.25, 0.3) is 0 Å². The zero-order valence-corrected chi connectivity index (χ0v) is 17.1. The maximum atomic E-state index is 12.6. The molecular weight excluding hydrogens is 345 g/mol. The van der Waals surface area contributed by atoms with E-state index in [4.69, 9.17) is 23.2 Å². The van der Waals surface area contributed by atoms with Gasteiger partial charge in [-0.1, -0.05) is 49.4 Å². The van der Waals surface area contributed by atoms with Gasteiger partial charge in [-0.15, -0.1) is 23.2 Å². The predicted molar refractivity (Wildman–Crippen MR) is 102 cm³/mol. The lowest BCUT2D eigenvalue weighted by Crippen LogP contribution is -2.70. The average Bonchev–Trinajstić information content (AvgIpc) is 2.62. The van der Waals surface area contributed by atoms with E-state index in [1.807, 2.05) is 44.2 Å². The number of allylic oxidation sites excluding steroid dienone is 2. The molecule has 0 fully saturated rings. The maximum Gasteiger partial charge on any atom is 0.243 e. The first-order chi connectivity index (χ1) is 10.5. The smallest absolute Gasteiger partial charge is 0.243 e. The lowest BCUT2D eigenvalue weighted by atomic mass is 10.00. The van der Waals surface area contributed by atoms with Crippen molar-refractivity contribution in [2.24, 2.45) is 5.92 Å². The van der Waals surface area contributed by atoms with Crippen LogP contribution in [0.4, 0.5) is 0 Å². The highest BCUT2D eigenvalue weighted by Crippen LogP contribution is 2.58. The number of carbonyl (C=O) groups is 1. The molecule has 0 aliphatic heterocycles. The number of nitrogens with one attached hydrogen (secondary N) is 1. The van der Waals surface area contributed by atoms with E-state index in [2.05, 4.69) is 31.9 Å². The zero-order chi connectivity index (χ0) is 17.6. The van der Waals surface area contributed by atoms with E-state index in [1.54, 1.807) is 0 Å². The summed E-state index contributed by atoms with van der Waals surface area (Å²) in [6.45, 7) is 12.4. The van der Waals surface area contributed by atoms with E-state index < -0.39 is 17.6 Å². The molecule has 0 aromatic heterocycles. The highest BCUT2D eigenvalue weighted by molar-refractivity contribution is 6.88. The number of rotatable bonds is 3. The molecule has 1 aromatic rings. The molecule has 0 heterocycles. The molecular formula is C18H25Cl2NOSi. The molecule has 1 N–H and O–H groups in total. The van der Waals surface area contributed by atoms with Crippen LogP contribution in [0.15, 0.2) is 41.5 Å². The second-order valence-electron chi connectivity index (χ2n) is 7.19. The Kier molecular flexibility index (Phi) is 4.80. The quantitative estimate of drug-likeness (QED) is 0.446. The van der Waals surface area contributed by atoms with Crippen molar-refractivity contribution in [2.45, 2.75) is 50.2 Å². The normalized spacial score (nSPS) is 31.4. The van der Waals surface area contributed by atoms with Gasteiger partial charge in [0.2, 0.25) is 5.91 Å². The molecule has 2 nitrogen and oxygen atoms in total. The van der Waals surface area contributed by atoms with Crippen molar-refractivity contribution in [1.29, 1.82) is 0 Å². The Hall–Kier alpha value is -0.773. The molecule has 0 radical (unpaired) electrons. The first-order valence-corrected chi connectivity index (χ1v) is 11.7. The highest BCUT2D eigenvalue weighted by atomic mass is 35.5. The van der Waals surface area contributed by atoms with Crippen molar-refractivity contribution in [3.63, 3.8) is 0 Å². The van der Waals surface area contributed by atoms with Crippen LogP contribution in [-0.2, 0) is 0 Å². The standard InChI is InChI=1S/C18H25Cl2NOSi/c1-12-13(2)17(4,19)18(20,14(12)3)23(5,6)21-16(22)15-10-8-7-9-11-15/h7-11,14H,1-6H3,(H,21,22). The second-order valence-corrected chi connectivity index (χ2v) is 13.1. The van der Waals surface area contributed by atoms with Crippen molar-refractivity contribution < 1.29 is 4.79 Å². The van der Waals surface area contributed by atoms with Crippen molar-refractivity contribution in [2.75, 3.05) is 0 Å². The Bertz CT molecular complexity index is 654. The summed E-state index contributed by atoms with van der Waals surface area (Å²) in [4.78, 5) is 15.2. The van der Waals surface area contributed by atoms with Crippen LogP contribution in [0.25, 0.3) is 0 Å². The van der Waals surface area contributed by atoms with Gasteiger partial charge in [0.15, 0.2) is 8.24 Å². The first-order valence-electron chi connectivity index (χ1n) is 7.90. The monoisotopic (exact) mass is 369 g/mol. The summed E-state index contributed by atoms with van der Waals surface area (Å²) < 4.78 is -0.680. The number of benzene rings is 1. The Labute approximate surface area is 150 Å². The number of halogens is 2. The van der Waals surface area contributed by atoms with Gasteiger partial charge in [0.1, 0.15) is 0 Å². The van der Waals surface area contributed by atoms with E-state index in [0.717, 1.165) is 5.57 Å². The van der Waals surface area contributed by atoms with Crippen LogP contribution in [0, 0.1) is 5.92 Å². The largest absolute Gasteiger partial charge is 0.376 e. The van der Waals surface area contributed by atoms with E-state index in [9.17, 15) is 4.79 Å². The minimum atomic E-state index is -2.43. The fourth-order valence-corrected chi connectivity index (χ4v) is 8.86. The van der Waals surface area contributed by atoms with Crippen LogP contribution in [0.2, 0.25) is 13.1 Å². The number of hydrogen-bond donors (Lipinski definition) is 1. The number of alkyl halides is 2. The van der Waals surface area contributed by atoms with Gasteiger partial charge in [-0.3, -0.25) is 4.79 Å². The third-order valence-corrected chi connectivity index (χ3v) is 12.2. The van der Waals surface area contributed by atoms with E-state index in [0.29, 0.717) is 5.56 Å². The Morgan fingerprint density at radius 3 is 2.13 bits per heavy atom. The van der Waals surface area contributed by atoms with Gasteiger partial charge in [-0.25, -0.2) is 0 Å². The molecule has 1 aliphatic rings. The molecule has 0 saturated carbocycles. The minimum absolute atomic E-state index is 0.0795. The van der Waals surface area contributed by atoms with Crippen LogP contribution in [0.3, 0.4) is 0 Å². The molecule has 0 saturated heterocycles. The second kappa shape index (κ2) is 5.94. The molecule has 0 spiro atoms. The molecule has 23 heavy (non-hydrogen) atoms. The van der Waals surface area contributed by atoms with Crippen LogP contribution >= 0.6 is 23.2 Å². The summed E-state index contributed by atoms with van der Waals surface area (Å²) in [5.74, 6) is 0.0357. The summed E-state index contributed by atoms with van der Waals surface area (Å²) in [6, 6.07) is 9.24. The third-order valence-electron chi connectivity index (χ3n) is 5.60. The lowest BCUT2D eigenvalue weighted by Gasteiger charge is -2.48. The molecule has 126 valence electrons. The Morgan fingerprint density at radius 1 is 1.17 bits per heavy atom. The van der Waals surface area contributed by atoms with Crippen molar-refractivity contribution in [3.05, 3.63) is 47.0 Å². The van der Waals surface area contributed by atoms with E-state index in [1.165, 1.54) is 5.57 Å². The van der Waals surface area contributed by atoms with Crippen molar-refractivity contribution in [1.82, 2.24) is 4.98 Å². The van der Waals surface area contributed by atoms with Crippen LogP contribution in [-0.4, -0.2) is 23.5 Å². The predicted octanol–water partition coefficient (Wildman–Crippen LogP) is 5.12. The van der Waals surface area contributed by atoms with Gasteiger partial charge in [0, 0.05) is 5.56 Å². The van der Waals surface area contributed by atoms with Gasteiger partial charge in [-0.2, -0.15) is 0 Å². The molecule has 0 bridgehead atoms. The van der Waals surface area contributed by atoms with Gasteiger partial charge in [-0.05, 0) is 38.8 Å². The number of amides is 1. The summed E-state index contributed by atoms with van der Waals surface area (Å²) >= 11 is 14.1. The van der Waals surface area contributed by atoms with Crippen LogP contribution in [0.5, 0.6) is 0 Å². The summed E-state index contributed by atoms with van der Waals surface area (Å²) in [6.07, 6.45) is 0. The molecule has 5 heteroatoms. The van der Waals surface area contributed by atoms with Crippen molar-refractivity contribution >= 4 is 37.3 Å². The SMILES string of the molecule is CC1=C(C)C(C)(Cl)C(Cl)([Si](C)(C)NC(=O)c2ccccc2)C1C. The summed E-state index contributed by atoms with van der Waals surface area (Å²) in [5.41, 5.74) is 3.00. The molecule has 1 amide bonds. The minimum Gasteiger partial charge on any atom is -0.376 e. The van der Waals surface area contributed by atoms with Gasteiger partial charge < -0.3 is 4.98 Å². The fraction of sp³-hybridized carbons (Fsp3) is 0.500. The number of hydrogen-bond acceptors (Lipinski definition) is 1. The molecule has 3 atom stereocenters. The van der Waals surface area contributed by atoms with Gasteiger partial charge >= 0.3 is 0 Å². The first kappa shape index (κ1) is 18.6. The average molecular weight is 370 g/mol. The summed E-state index contributed by atoms with van der Waals surface area (Å²) in [7, 11) is -2.43. The van der Waals surface area contributed by atoms with Gasteiger partial charge in [0.05, 0.1) is 9.37 Å². The van der Waals surface area contributed by atoms with Crippen LogP contribution < -0.4 is 4.98 Å². The Balaban J connectivity index is 2.38. The van der Waals surface area contributed by atoms with Crippen molar-refractivity contribution in [3.8, 4) is 0 Å². The maximum absolute atomic E-state index is 12.6. The number of carbonyl (C=O) groups excluding carboxylic acids is 1. The molecule has 1 aliphatic carbocycles. The summed E-state index contributed by atoms with van der Waals surface area (Å²) in [5, 5.41) is 0. The molecule has 1 aromatic carbocycles. The Morgan fingerprint density at radius 2 is 1.70 bits per heavy atom. The van der Waals surface area contributed by atoms with E-state index in [-0.39, 0.29) is 11.8 Å². The zero-order valence-electron chi connectivity index (χ0n) is 14.6. The van der Waals surface area contributed by atoms with E-state index >= 15 is 0 Å². The third kappa shape index (κ3) is 2.67. The lowest BCUT2D eigenvalue weighted by molar-refractivity contribution is 0.0976. The molecule has 3 unspecified atom stereocenters. The molecule has 2 rings (SSSR count).